The van der Waals surface area contributed by atoms with Crippen LogP contribution in [0.25, 0.3) is 0 Å². The van der Waals surface area contributed by atoms with Gasteiger partial charge in [-0.3, -0.25) is 9.62 Å². The molecule has 1 aliphatic carbocycles. The summed E-state index contributed by atoms with van der Waals surface area (Å²) in [6.45, 7) is 3.60. The molecule has 0 unspecified atom stereocenters. The Morgan fingerprint density at radius 2 is 1.53 bits per heavy atom. The molecule has 9 nitrogen and oxygen atoms in total. The average Bonchev–Trinajstić information content (AvgIpc) is 3.10. The smallest absolute Gasteiger partial charge is 0.338 e. The van der Waals surface area contributed by atoms with Gasteiger partial charge in [0, 0.05) is 25.2 Å². The lowest BCUT2D eigenvalue weighted by Gasteiger charge is -2.38. The van der Waals surface area contributed by atoms with E-state index in [1.54, 1.807) is 25.1 Å². The molecule has 0 bridgehead atoms. The van der Waals surface area contributed by atoms with E-state index < -0.39 is 16.1 Å². The van der Waals surface area contributed by atoms with Gasteiger partial charge in [0.25, 0.3) is 0 Å². The summed E-state index contributed by atoms with van der Waals surface area (Å²) in [7, 11) is -3.58. The summed E-state index contributed by atoms with van der Waals surface area (Å²) in [6.07, 6.45) is 4.29. The van der Waals surface area contributed by atoms with E-state index in [9.17, 15) is 18.3 Å². The molecule has 0 aliphatic heterocycles. The van der Waals surface area contributed by atoms with E-state index in [1.165, 1.54) is 11.1 Å². The van der Waals surface area contributed by atoms with Crippen molar-refractivity contribution in [2.45, 2.75) is 63.8 Å². The van der Waals surface area contributed by atoms with Crippen LogP contribution >= 0.6 is 0 Å². The summed E-state index contributed by atoms with van der Waals surface area (Å²) in [5.74, 6) is 0.907. The number of hydrogen-bond donors (Lipinski definition) is 2. The molecule has 0 radical (unpaired) electrons. The van der Waals surface area contributed by atoms with Gasteiger partial charge in [-0.15, -0.1) is 0 Å². The third-order valence-electron chi connectivity index (χ3n) is 8.71. The van der Waals surface area contributed by atoms with Crippen LogP contribution in [0.5, 0.6) is 11.5 Å². The van der Waals surface area contributed by atoms with Gasteiger partial charge in [-0.25, -0.2) is 13.2 Å². The van der Waals surface area contributed by atoms with Gasteiger partial charge < -0.3 is 19.3 Å². The van der Waals surface area contributed by atoms with Crippen LogP contribution in [0.1, 0.15) is 65.6 Å². The van der Waals surface area contributed by atoms with Gasteiger partial charge in [-0.1, -0.05) is 72.8 Å². The second-order valence-electron chi connectivity index (χ2n) is 12.5. The Morgan fingerprint density at radius 3 is 2.16 bits per heavy atom. The van der Waals surface area contributed by atoms with Gasteiger partial charge in [-0.2, -0.15) is 0 Å². The topological polar surface area (TPSA) is 114 Å². The Labute approximate surface area is 289 Å². The molecule has 0 amide bonds. The lowest BCUT2D eigenvalue weighted by molar-refractivity contribution is 0.0384. The highest BCUT2D eigenvalue weighted by Crippen LogP contribution is 2.36. The van der Waals surface area contributed by atoms with Crippen molar-refractivity contribution in [2.24, 2.45) is 0 Å². The van der Waals surface area contributed by atoms with Crippen molar-refractivity contribution >= 4 is 21.7 Å². The fraction of sp³-hybridized carbons (Fsp3) is 0.359. The first-order chi connectivity index (χ1) is 23.7. The van der Waals surface area contributed by atoms with Crippen LogP contribution in [0.3, 0.4) is 0 Å². The minimum Gasteiger partial charge on any atom is -0.491 e. The van der Waals surface area contributed by atoms with Crippen LogP contribution in [-0.4, -0.2) is 62.6 Å². The molecule has 1 fully saturated rings. The Hall–Kier alpha value is -4.38. The van der Waals surface area contributed by atoms with E-state index in [0.29, 0.717) is 42.7 Å². The number of anilines is 1. The number of benzene rings is 4. The van der Waals surface area contributed by atoms with Gasteiger partial charge in [0.2, 0.25) is 10.0 Å². The van der Waals surface area contributed by atoms with Gasteiger partial charge in [-0.05, 0) is 79.5 Å². The number of ether oxygens (including phenoxy) is 3. The molecule has 5 rings (SSSR count). The number of hydrogen-bond acceptors (Lipinski definition) is 8. The summed E-state index contributed by atoms with van der Waals surface area (Å²) in [5.41, 5.74) is 4.20. The number of nitrogens with zero attached hydrogens (tertiary/aromatic N) is 1. The van der Waals surface area contributed by atoms with Gasteiger partial charge >= 0.3 is 5.97 Å². The number of esters is 1. The summed E-state index contributed by atoms with van der Waals surface area (Å²) in [5, 5.41) is 11.2. The molecule has 2 N–H and O–H groups in total. The first kappa shape index (κ1) is 35.9. The molecule has 49 heavy (non-hydrogen) atoms. The van der Waals surface area contributed by atoms with Gasteiger partial charge in [0.1, 0.15) is 30.8 Å². The predicted molar refractivity (Wildman–Crippen MR) is 191 cm³/mol. The minimum absolute atomic E-state index is 0.0377. The fourth-order valence-corrected chi connectivity index (χ4v) is 6.86. The molecule has 10 heteroatoms. The Morgan fingerprint density at radius 1 is 0.878 bits per heavy atom. The van der Waals surface area contributed by atoms with Crippen molar-refractivity contribution in [2.75, 3.05) is 30.7 Å². The predicted octanol–water partition coefficient (Wildman–Crippen LogP) is 6.78. The maximum Gasteiger partial charge on any atom is 0.338 e. The van der Waals surface area contributed by atoms with Crippen LogP contribution in [0, 0.1) is 0 Å². The summed E-state index contributed by atoms with van der Waals surface area (Å²) in [4.78, 5) is 14.4. The number of carbonyl (C=O) groups excluding carboxylic acids is 1. The molecule has 4 aromatic carbocycles. The molecule has 1 aliphatic rings. The van der Waals surface area contributed by atoms with Crippen LogP contribution < -0.4 is 14.2 Å². The zero-order valence-electron chi connectivity index (χ0n) is 28.2. The molecular weight excluding hydrogens is 641 g/mol. The van der Waals surface area contributed by atoms with Crippen molar-refractivity contribution in [3.05, 3.63) is 125 Å². The van der Waals surface area contributed by atoms with E-state index in [2.05, 4.69) is 21.8 Å². The molecule has 4 aromatic rings. The van der Waals surface area contributed by atoms with E-state index in [0.717, 1.165) is 37.5 Å². The van der Waals surface area contributed by atoms with Crippen molar-refractivity contribution in [3.8, 4) is 11.5 Å². The number of rotatable bonds is 16. The fourth-order valence-electron chi connectivity index (χ4n) is 6.30. The highest BCUT2D eigenvalue weighted by molar-refractivity contribution is 7.92. The van der Waals surface area contributed by atoms with E-state index in [4.69, 9.17) is 14.2 Å². The molecule has 0 aromatic heterocycles. The molecular formula is C39H46N2O7S. The van der Waals surface area contributed by atoms with Crippen LogP contribution in [0.4, 0.5) is 5.69 Å². The molecule has 1 saturated carbocycles. The first-order valence-electron chi connectivity index (χ1n) is 16.8. The molecule has 0 saturated heterocycles. The van der Waals surface area contributed by atoms with Crippen LogP contribution in [0.2, 0.25) is 0 Å². The number of carbonyl (C=O) groups is 1. The Balaban J connectivity index is 1.21. The zero-order valence-corrected chi connectivity index (χ0v) is 29.0. The second kappa shape index (κ2) is 17.3. The molecule has 0 spiro atoms. The summed E-state index contributed by atoms with van der Waals surface area (Å²) < 4.78 is 43.8. The third kappa shape index (κ3) is 11.1. The Bertz CT molecular complexity index is 1730. The third-order valence-corrected chi connectivity index (χ3v) is 9.30. The van der Waals surface area contributed by atoms with Gasteiger partial charge in [0.15, 0.2) is 0 Å². The molecule has 260 valence electrons. The summed E-state index contributed by atoms with van der Waals surface area (Å²) in [6, 6.07) is 32.9. The van der Waals surface area contributed by atoms with E-state index in [-0.39, 0.29) is 30.9 Å². The number of aliphatic hydroxyl groups is 1. The zero-order chi connectivity index (χ0) is 34.6. The monoisotopic (exact) mass is 686 g/mol. The van der Waals surface area contributed by atoms with Crippen molar-refractivity contribution in [3.63, 3.8) is 0 Å². The highest BCUT2D eigenvalue weighted by Gasteiger charge is 2.28. The summed E-state index contributed by atoms with van der Waals surface area (Å²) >= 11 is 0. The standard InChI is InChI=1S/C39H46N2O7S/c1-3-46-39(43)33-16-14-31(15-17-33)32-18-20-34(21-19-32)41(25-29-10-6-4-7-11-29)26-35(42)28-47-36-22-23-38(37(24-36)40-49(2,44)45)48-27-30-12-8-5-9-13-30/h4-17,22-24,32,34-35,40,42H,3,18-21,25-28H2,1-2H3/t32?,34?,35-/m0/s1. The maximum absolute atomic E-state index is 12.1. The number of aliphatic hydroxyl groups excluding tert-OH is 1. The SMILES string of the molecule is CCOC(=O)c1ccc(C2CCC(N(Cc3ccccc3)C[C@H](O)COc3ccc(OCc4ccccc4)c(NS(C)(=O)=O)c3)CC2)cc1. The van der Waals surface area contributed by atoms with E-state index in [1.807, 2.05) is 72.8 Å². The van der Waals surface area contributed by atoms with Gasteiger partial charge in [0.05, 0.1) is 24.1 Å². The van der Waals surface area contributed by atoms with Crippen molar-refractivity contribution in [1.29, 1.82) is 0 Å². The van der Waals surface area contributed by atoms with Crippen LogP contribution in [-0.2, 0) is 27.9 Å². The lowest BCUT2D eigenvalue weighted by atomic mass is 9.81. The second-order valence-corrected chi connectivity index (χ2v) is 14.3. The average molecular weight is 687 g/mol. The first-order valence-corrected chi connectivity index (χ1v) is 18.7. The maximum atomic E-state index is 12.1. The van der Waals surface area contributed by atoms with E-state index >= 15 is 0 Å². The molecule has 1 atom stereocenters. The lowest BCUT2D eigenvalue weighted by Crippen LogP contribution is -2.43. The number of sulfonamides is 1. The quantitative estimate of drug-likeness (QED) is 0.124. The Kier molecular flexibility index (Phi) is 12.7. The molecule has 0 heterocycles. The van der Waals surface area contributed by atoms with Crippen LogP contribution in [0.15, 0.2) is 103 Å². The van der Waals surface area contributed by atoms with Crippen molar-refractivity contribution in [1.82, 2.24) is 4.90 Å². The minimum atomic E-state index is -3.58. The number of nitrogens with one attached hydrogen (secondary N) is 1. The van der Waals surface area contributed by atoms with Crippen molar-refractivity contribution < 1.29 is 32.5 Å². The largest absolute Gasteiger partial charge is 0.491 e. The normalized spacial score (nSPS) is 16.9. The highest BCUT2D eigenvalue weighted by atomic mass is 32.2.